The number of benzene rings is 1. The van der Waals surface area contributed by atoms with Crippen LogP contribution in [0.15, 0.2) is 52.9 Å². The summed E-state index contributed by atoms with van der Waals surface area (Å²) in [6.45, 7) is 4.75. The van der Waals surface area contributed by atoms with Crippen LogP contribution in [0, 0.1) is 6.92 Å². The van der Waals surface area contributed by atoms with Gasteiger partial charge in [-0.25, -0.2) is 0 Å². The van der Waals surface area contributed by atoms with Crippen LogP contribution in [0.5, 0.6) is 0 Å². The number of aryl methyl sites for hydroxylation is 1. The first-order chi connectivity index (χ1) is 12.6. The van der Waals surface area contributed by atoms with Gasteiger partial charge in [0.2, 0.25) is 0 Å². The number of amides is 2. The summed E-state index contributed by atoms with van der Waals surface area (Å²) in [7, 11) is 0. The quantitative estimate of drug-likeness (QED) is 0.873. The smallest absolute Gasteiger partial charge is 0.261 e. The number of rotatable bonds is 5. The van der Waals surface area contributed by atoms with Gasteiger partial charge in [0.25, 0.3) is 11.8 Å². The lowest BCUT2D eigenvalue weighted by molar-refractivity contribution is -0.123. The molecule has 26 heavy (non-hydrogen) atoms. The van der Waals surface area contributed by atoms with Gasteiger partial charge in [0.05, 0.1) is 27.4 Å². The third-order valence-electron chi connectivity index (χ3n) is 4.76. The van der Waals surface area contributed by atoms with Crippen molar-refractivity contribution < 1.29 is 9.59 Å². The molecule has 1 N–H and O–H groups in total. The number of carbonyl (C=O) groups is 2. The van der Waals surface area contributed by atoms with E-state index in [-0.39, 0.29) is 11.8 Å². The molecule has 0 radical (unpaired) electrons. The van der Waals surface area contributed by atoms with E-state index in [1.54, 1.807) is 4.90 Å². The zero-order valence-corrected chi connectivity index (χ0v) is 15.7. The van der Waals surface area contributed by atoms with Crippen LogP contribution in [-0.2, 0) is 9.59 Å². The van der Waals surface area contributed by atoms with Crippen LogP contribution in [0.3, 0.4) is 0 Å². The summed E-state index contributed by atoms with van der Waals surface area (Å²) >= 11 is 1.53. The molecule has 0 aliphatic carbocycles. The van der Waals surface area contributed by atoms with Crippen LogP contribution in [-0.4, -0.2) is 23.3 Å². The molecule has 0 atom stereocenters. The normalized spacial score (nSPS) is 16.6. The number of nitrogens with zero attached hydrogens (tertiary/aromatic N) is 1. The fraction of sp³-hybridized carbons (Fsp3) is 0.238. The molecule has 1 aromatic heterocycles. The number of unbranched alkanes of at least 4 members (excludes halogenated alkanes) is 1. The first-order valence-corrected chi connectivity index (χ1v) is 9.72. The van der Waals surface area contributed by atoms with Crippen LogP contribution in [0.1, 0.15) is 35.8 Å². The molecule has 0 bridgehead atoms. The fourth-order valence-corrected chi connectivity index (χ4v) is 4.17. The first-order valence-electron chi connectivity index (χ1n) is 8.85. The van der Waals surface area contributed by atoms with E-state index in [1.165, 1.54) is 11.3 Å². The standard InChI is InChI=1S/C21H20N2O2S/c1-3-4-11-23-19(14-9-7-13(2)8-10-14)17-16(21(23)25)18(22-20(17)24)15-6-5-12-26-15/h5-10,12H,3-4,11H2,1-2H3,(H,22,24). The van der Waals surface area contributed by atoms with Gasteiger partial charge in [-0.2, -0.15) is 0 Å². The van der Waals surface area contributed by atoms with Gasteiger partial charge >= 0.3 is 0 Å². The van der Waals surface area contributed by atoms with E-state index in [9.17, 15) is 9.59 Å². The third kappa shape index (κ3) is 2.59. The Hall–Kier alpha value is -2.66. The molecule has 4 nitrogen and oxygen atoms in total. The van der Waals surface area contributed by atoms with Crippen LogP contribution >= 0.6 is 11.3 Å². The van der Waals surface area contributed by atoms with Gasteiger partial charge < -0.3 is 10.2 Å². The molecular formula is C21H20N2O2S. The van der Waals surface area contributed by atoms with E-state index in [4.69, 9.17) is 0 Å². The maximum absolute atomic E-state index is 13.2. The Labute approximate surface area is 156 Å². The number of nitrogens with one attached hydrogen (secondary N) is 1. The van der Waals surface area contributed by atoms with Crippen LogP contribution in [0.25, 0.3) is 11.4 Å². The Morgan fingerprint density at radius 2 is 1.85 bits per heavy atom. The van der Waals surface area contributed by atoms with E-state index in [0.717, 1.165) is 34.5 Å². The van der Waals surface area contributed by atoms with Gasteiger partial charge in [-0.3, -0.25) is 9.59 Å². The Morgan fingerprint density at radius 1 is 1.08 bits per heavy atom. The molecule has 5 heteroatoms. The summed E-state index contributed by atoms with van der Waals surface area (Å²) in [4.78, 5) is 28.7. The summed E-state index contributed by atoms with van der Waals surface area (Å²) in [5.41, 5.74) is 4.47. The maximum Gasteiger partial charge on any atom is 0.261 e. The van der Waals surface area contributed by atoms with Gasteiger partial charge in [0.15, 0.2) is 0 Å². The number of thiophene rings is 1. The lowest BCUT2D eigenvalue weighted by Gasteiger charge is -2.21. The second-order valence-electron chi connectivity index (χ2n) is 6.58. The highest BCUT2D eigenvalue weighted by molar-refractivity contribution is 7.11. The van der Waals surface area contributed by atoms with E-state index in [2.05, 4.69) is 12.2 Å². The Kier molecular flexibility index (Phi) is 4.24. The topological polar surface area (TPSA) is 49.4 Å². The molecule has 0 saturated heterocycles. The minimum Gasteiger partial charge on any atom is -0.320 e. The second kappa shape index (κ2) is 6.57. The molecule has 1 aromatic carbocycles. The molecule has 2 amide bonds. The monoisotopic (exact) mass is 364 g/mol. The minimum atomic E-state index is -0.189. The van der Waals surface area contributed by atoms with E-state index < -0.39 is 0 Å². The Bertz CT molecular complexity index is 937. The van der Waals surface area contributed by atoms with Crippen LogP contribution in [0.2, 0.25) is 0 Å². The highest BCUT2D eigenvalue weighted by Gasteiger charge is 2.45. The third-order valence-corrected chi connectivity index (χ3v) is 5.65. The molecule has 3 heterocycles. The van der Waals surface area contributed by atoms with E-state index in [0.29, 0.717) is 23.4 Å². The second-order valence-corrected chi connectivity index (χ2v) is 7.53. The van der Waals surface area contributed by atoms with Crippen molar-refractivity contribution >= 4 is 34.5 Å². The molecule has 0 saturated carbocycles. The summed E-state index contributed by atoms with van der Waals surface area (Å²) in [6.07, 6.45) is 1.89. The number of carbonyl (C=O) groups excluding carboxylic acids is 2. The maximum atomic E-state index is 13.2. The molecule has 2 aliphatic heterocycles. The van der Waals surface area contributed by atoms with Gasteiger partial charge in [0, 0.05) is 6.54 Å². The highest BCUT2D eigenvalue weighted by atomic mass is 32.1. The first kappa shape index (κ1) is 16.8. The molecular weight excluding hydrogens is 344 g/mol. The van der Waals surface area contributed by atoms with Crippen LogP contribution in [0.4, 0.5) is 0 Å². The van der Waals surface area contributed by atoms with Gasteiger partial charge in [-0.15, -0.1) is 11.3 Å². The van der Waals surface area contributed by atoms with Crippen molar-refractivity contribution in [3.05, 3.63) is 68.9 Å². The van der Waals surface area contributed by atoms with Gasteiger partial charge in [-0.05, 0) is 30.4 Å². The number of hydrogen-bond donors (Lipinski definition) is 1. The molecule has 132 valence electrons. The largest absolute Gasteiger partial charge is 0.320 e. The van der Waals surface area contributed by atoms with Gasteiger partial charge in [0.1, 0.15) is 0 Å². The number of fused-ring (bicyclic) bond motifs is 1. The van der Waals surface area contributed by atoms with E-state index >= 15 is 0 Å². The van der Waals surface area contributed by atoms with Crippen molar-refractivity contribution in [1.29, 1.82) is 0 Å². The average Bonchev–Trinajstić information content (AvgIpc) is 3.33. The predicted molar refractivity (Wildman–Crippen MR) is 104 cm³/mol. The lowest BCUT2D eigenvalue weighted by atomic mass is 10.0. The summed E-state index contributed by atoms with van der Waals surface area (Å²) in [5.74, 6) is -0.267. The van der Waals surface area contributed by atoms with Crippen molar-refractivity contribution in [3.8, 4) is 0 Å². The average molecular weight is 364 g/mol. The van der Waals surface area contributed by atoms with Crippen molar-refractivity contribution in [3.63, 3.8) is 0 Å². The zero-order chi connectivity index (χ0) is 18.3. The van der Waals surface area contributed by atoms with Crippen molar-refractivity contribution in [2.75, 3.05) is 6.54 Å². The fourth-order valence-electron chi connectivity index (χ4n) is 3.44. The molecule has 2 aliphatic rings. The predicted octanol–water partition coefficient (Wildman–Crippen LogP) is 3.95. The summed E-state index contributed by atoms with van der Waals surface area (Å²) in [5, 5.41) is 4.87. The summed E-state index contributed by atoms with van der Waals surface area (Å²) < 4.78 is 0. The number of hydrogen-bond acceptors (Lipinski definition) is 3. The van der Waals surface area contributed by atoms with E-state index in [1.807, 2.05) is 48.7 Å². The van der Waals surface area contributed by atoms with Gasteiger partial charge in [-0.1, -0.05) is 49.2 Å². The molecule has 0 unspecified atom stereocenters. The summed E-state index contributed by atoms with van der Waals surface area (Å²) in [6, 6.07) is 11.9. The van der Waals surface area contributed by atoms with Crippen LogP contribution < -0.4 is 5.32 Å². The molecule has 0 fully saturated rings. The molecule has 4 rings (SSSR count). The molecule has 2 aromatic rings. The zero-order valence-electron chi connectivity index (χ0n) is 14.8. The van der Waals surface area contributed by atoms with Crippen molar-refractivity contribution in [1.82, 2.24) is 10.2 Å². The van der Waals surface area contributed by atoms with Crippen molar-refractivity contribution in [2.45, 2.75) is 26.7 Å². The SMILES string of the molecule is CCCCN1C(=O)C2=C(c3cccs3)NC(=O)C2=C1c1ccc(C)cc1. The Morgan fingerprint density at radius 3 is 2.50 bits per heavy atom. The highest BCUT2D eigenvalue weighted by Crippen LogP contribution is 2.43. The lowest BCUT2D eigenvalue weighted by Crippen LogP contribution is -2.28. The minimum absolute atomic E-state index is 0.0780. The molecule has 0 spiro atoms. The van der Waals surface area contributed by atoms with Crippen molar-refractivity contribution in [2.24, 2.45) is 0 Å². The Balaban J connectivity index is 1.91.